The van der Waals surface area contributed by atoms with Crippen LogP contribution in [0, 0.1) is 46.3 Å². The van der Waals surface area contributed by atoms with E-state index in [1.807, 2.05) is 6.92 Å². The molecule has 3 saturated heterocycles. The molecule has 0 aromatic rings. The lowest BCUT2D eigenvalue weighted by Crippen LogP contribution is -2.65. The summed E-state index contributed by atoms with van der Waals surface area (Å²) in [6.45, 7) is 7.37. The summed E-state index contributed by atoms with van der Waals surface area (Å²) in [5.41, 5.74) is 1.23. The van der Waals surface area contributed by atoms with Gasteiger partial charge in [-0.25, -0.2) is 0 Å². The Labute approximate surface area is 373 Å². The molecule has 0 aromatic carbocycles. The molecule has 7 fully saturated rings. The minimum atomic E-state index is -1.77. The molecule has 368 valence electrons. The van der Waals surface area contributed by atoms with Gasteiger partial charge in [-0.15, -0.1) is 0 Å². The summed E-state index contributed by atoms with van der Waals surface area (Å²) in [4.78, 5) is 0. The first-order valence-corrected chi connectivity index (χ1v) is 23.6. The number of aliphatic hydroxyl groups is 12. The van der Waals surface area contributed by atoms with Gasteiger partial charge in [0.2, 0.25) is 0 Å². The Kier molecular flexibility index (Phi) is 14.9. The maximum absolute atomic E-state index is 11.7. The predicted octanol–water partition coefficient (Wildman–Crippen LogP) is -1.86. The molecule has 4 aliphatic heterocycles. The highest BCUT2D eigenvalue weighted by Gasteiger charge is 2.65. The van der Waals surface area contributed by atoms with E-state index in [1.54, 1.807) is 0 Å². The van der Waals surface area contributed by atoms with Crippen LogP contribution < -0.4 is 0 Å². The van der Waals surface area contributed by atoms with E-state index >= 15 is 0 Å². The zero-order valence-electron chi connectivity index (χ0n) is 37.3. The van der Waals surface area contributed by atoms with Crippen LogP contribution in [0.2, 0.25) is 0 Å². The Hall–Kier alpha value is -1.18. The van der Waals surface area contributed by atoms with Crippen molar-refractivity contribution in [3.8, 4) is 0 Å². The maximum Gasteiger partial charge on any atom is 0.187 e. The molecule has 0 radical (unpaired) electrons. The van der Waals surface area contributed by atoms with Crippen LogP contribution in [0.3, 0.4) is 0 Å². The lowest BCUT2D eigenvalue weighted by atomic mass is 9.44. The summed E-state index contributed by atoms with van der Waals surface area (Å²) in [6, 6.07) is 0. The van der Waals surface area contributed by atoms with Crippen molar-refractivity contribution in [1.82, 2.24) is 0 Å². The largest absolute Gasteiger partial charge is 0.494 e. The van der Waals surface area contributed by atoms with Gasteiger partial charge in [0.05, 0.1) is 44.4 Å². The van der Waals surface area contributed by atoms with Crippen LogP contribution in [-0.4, -0.2) is 198 Å². The highest BCUT2D eigenvalue weighted by atomic mass is 16.7. The average Bonchev–Trinajstić information content (AvgIpc) is 3.76. The zero-order valence-corrected chi connectivity index (χ0v) is 37.3. The first kappa shape index (κ1) is 49.2. The Morgan fingerprint density at radius 3 is 1.91 bits per heavy atom. The fourth-order valence-corrected chi connectivity index (χ4v) is 13.8. The maximum atomic E-state index is 11.7. The van der Waals surface area contributed by atoms with Crippen molar-refractivity contribution in [3.05, 3.63) is 11.3 Å². The minimum absolute atomic E-state index is 0.0700. The average molecular weight is 919 g/mol. The summed E-state index contributed by atoms with van der Waals surface area (Å²) in [6.07, 6.45) is -16.1. The third-order valence-electron chi connectivity index (χ3n) is 17.4. The van der Waals surface area contributed by atoms with Crippen molar-refractivity contribution >= 4 is 0 Å². The molecule has 4 aliphatic carbocycles. The molecule has 0 unspecified atom stereocenters. The van der Waals surface area contributed by atoms with Crippen LogP contribution in [0.5, 0.6) is 0 Å². The van der Waals surface area contributed by atoms with Crippen molar-refractivity contribution < 1.29 is 94.4 Å². The SMILES string of the molecule is CC1=C(CC[C@@H](C)CO[C@@H]2O[C@H](CO)[C@@H](O)[C@H](O)[C@H]2O)O[C@H]2C[C@H]3[C@@H]4CC[C@H]5C[C@@H](O[C@@H]6O[C@H](CO)[C@H](O[C@@H]7O[C@H](CO)[C@@H](O)[C@H](O)[C@H]7O)[C@H](O)[C@H]6O)[C@H](O)C[C@]5(C)[C@H]4CC[C@]3(C)[C@@H]12. The molecule has 4 heterocycles. The van der Waals surface area contributed by atoms with Gasteiger partial charge in [-0.05, 0) is 104 Å². The van der Waals surface area contributed by atoms with Crippen LogP contribution in [0.15, 0.2) is 11.3 Å². The van der Waals surface area contributed by atoms with Crippen LogP contribution >= 0.6 is 0 Å². The van der Waals surface area contributed by atoms with E-state index < -0.39 is 124 Å². The topological polar surface area (TPSA) is 307 Å². The van der Waals surface area contributed by atoms with Crippen molar-refractivity contribution in [2.45, 2.75) is 196 Å². The van der Waals surface area contributed by atoms with E-state index in [0.29, 0.717) is 36.5 Å². The zero-order chi connectivity index (χ0) is 46.2. The summed E-state index contributed by atoms with van der Waals surface area (Å²) >= 11 is 0. The second kappa shape index (κ2) is 19.3. The highest BCUT2D eigenvalue weighted by Crippen LogP contribution is 2.70. The third-order valence-corrected chi connectivity index (χ3v) is 17.4. The summed E-state index contributed by atoms with van der Waals surface area (Å²) in [7, 11) is 0. The molecule has 0 spiro atoms. The van der Waals surface area contributed by atoms with E-state index in [1.165, 1.54) is 5.57 Å². The van der Waals surface area contributed by atoms with Crippen molar-refractivity contribution in [2.24, 2.45) is 46.3 Å². The molecular formula is C45H74O19. The highest BCUT2D eigenvalue weighted by molar-refractivity contribution is 5.27. The molecule has 26 atom stereocenters. The molecule has 8 aliphatic rings. The molecule has 0 amide bonds. The van der Waals surface area contributed by atoms with Crippen molar-refractivity contribution in [1.29, 1.82) is 0 Å². The van der Waals surface area contributed by atoms with E-state index in [0.717, 1.165) is 50.7 Å². The lowest BCUT2D eigenvalue weighted by Gasteiger charge is -2.61. The first-order valence-electron chi connectivity index (χ1n) is 23.6. The van der Waals surface area contributed by atoms with Gasteiger partial charge in [-0.2, -0.15) is 0 Å². The van der Waals surface area contributed by atoms with E-state index in [9.17, 15) is 61.3 Å². The second-order valence-electron chi connectivity index (χ2n) is 21.0. The van der Waals surface area contributed by atoms with Gasteiger partial charge in [-0.3, -0.25) is 0 Å². The van der Waals surface area contributed by atoms with Gasteiger partial charge in [-0.1, -0.05) is 20.8 Å². The Morgan fingerprint density at radius 2 is 1.25 bits per heavy atom. The standard InChI is InChI=1S/C45H74O19/c1-18(17-58-41-37(55)34(52)32(50)28(14-46)61-41)5-8-25-19(2)31-27(59-25)12-23-21-7-6-20-11-26(24(49)13-45(20,4)22(21)9-10-44(23,31)3)60-42-39(57)36(54)40(30(16-48)63-42)64-43-38(56)35(53)33(51)29(15-47)62-43/h18,20-24,26-43,46-57H,5-17H2,1-4H3/t18-,20+,21-,22+,23+,24-,26-,27+,28-,29-,30-,31+,32-,33-,34+,35+,36-,37-,38-,39-,40+,41-,42-,43+,44+,45+/m1/s1. The first-order chi connectivity index (χ1) is 30.4. The number of allylic oxidation sites excluding steroid dienone is 1. The monoisotopic (exact) mass is 918 g/mol. The molecule has 4 saturated carbocycles. The number of hydrogen-bond acceptors (Lipinski definition) is 19. The lowest BCUT2D eigenvalue weighted by molar-refractivity contribution is -0.366. The smallest absolute Gasteiger partial charge is 0.187 e. The number of ether oxygens (including phenoxy) is 7. The third kappa shape index (κ3) is 8.63. The van der Waals surface area contributed by atoms with Crippen molar-refractivity contribution in [2.75, 3.05) is 26.4 Å². The van der Waals surface area contributed by atoms with Gasteiger partial charge in [0.25, 0.3) is 0 Å². The summed E-state index contributed by atoms with van der Waals surface area (Å²) in [5.74, 6) is 2.99. The fraction of sp³-hybridized carbons (Fsp3) is 0.956. The summed E-state index contributed by atoms with van der Waals surface area (Å²) < 4.78 is 41.4. The molecule has 12 N–H and O–H groups in total. The van der Waals surface area contributed by atoms with E-state index in [-0.39, 0.29) is 35.4 Å². The molecule has 0 bridgehead atoms. The Balaban J connectivity index is 0.853. The van der Waals surface area contributed by atoms with Crippen LogP contribution in [-0.2, 0) is 33.2 Å². The van der Waals surface area contributed by atoms with Gasteiger partial charge in [0.15, 0.2) is 18.9 Å². The quantitative estimate of drug-likeness (QED) is 0.0902. The molecule has 19 nitrogen and oxygen atoms in total. The van der Waals surface area contributed by atoms with Crippen molar-refractivity contribution in [3.63, 3.8) is 0 Å². The number of aliphatic hydroxyl groups excluding tert-OH is 12. The summed E-state index contributed by atoms with van der Waals surface area (Å²) in [5, 5.41) is 125. The number of hydrogen-bond donors (Lipinski definition) is 12. The minimum Gasteiger partial charge on any atom is -0.494 e. The number of rotatable bonds is 13. The van der Waals surface area contributed by atoms with E-state index in [4.69, 9.17) is 33.2 Å². The Morgan fingerprint density at radius 1 is 0.656 bits per heavy atom. The van der Waals surface area contributed by atoms with Gasteiger partial charge >= 0.3 is 0 Å². The molecular weight excluding hydrogens is 844 g/mol. The van der Waals surface area contributed by atoms with E-state index in [2.05, 4.69) is 20.8 Å². The fourth-order valence-electron chi connectivity index (χ4n) is 13.8. The molecule has 19 heteroatoms. The van der Waals surface area contributed by atoms with Crippen LogP contribution in [0.25, 0.3) is 0 Å². The second-order valence-corrected chi connectivity index (χ2v) is 21.0. The molecule has 0 aromatic heterocycles. The number of fused-ring (bicyclic) bond motifs is 7. The van der Waals surface area contributed by atoms with Crippen LogP contribution in [0.1, 0.15) is 85.5 Å². The van der Waals surface area contributed by atoms with Crippen LogP contribution in [0.4, 0.5) is 0 Å². The van der Waals surface area contributed by atoms with Gasteiger partial charge in [0.1, 0.15) is 79.4 Å². The Bertz CT molecular complexity index is 1620. The normalized spacial score (nSPS) is 53.2. The van der Waals surface area contributed by atoms with Gasteiger partial charge in [0, 0.05) is 12.3 Å². The molecule has 64 heavy (non-hydrogen) atoms. The molecule has 8 rings (SSSR count). The van der Waals surface area contributed by atoms with Gasteiger partial charge < -0.3 is 94.4 Å². The predicted molar refractivity (Wildman–Crippen MR) is 219 cm³/mol.